The molecule has 0 saturated carbocycles. The molecule has 3 nitrogen and oxygen atoms in total. The van der Waals surface area contributed by atoms with Gasteiger partial charge in [-0.3, -0.25) is 9.91 Å². The van der Waals surface area contributed by atoms with E-state index in [1.165, 1.54) is 16.3 Å². The Morgan fingerprint density at radius 1 is 0.857 bits per heavy atom. The maximum Gasteiger partial charge on any atom is 0.0657 e. The molecule has 28 heavy (non-hydrogen) atoms. The first-order chi connectivity index (χ1) is 13.8. The van der Waals surface area contributed by atoms with E-state index in [1.54, 1.807) is 6.21 Å². The van der Waals surface area contributed by atoms with Crippen LogP contribution in [0.3, 0.4) is 0 Å². The molecule has 1 aliphatic rings. The van der Waals surface area contributed by atoms with E-state index in [4.69, 9.17) is 11.6 Å². The van der Waals surface area contributed by atoms with Crippen LogP contribution in [0.25, 0.3) is 16.8 Å². The Morgan fingerprint density at radius 2 is 1.57 bits per heavy atom. The summed E-state index contributed by atoms with van der Waals surface area (Å²) in [5, 5.41) is 9.95. The molecule has 4 rings (SSSR count). The monoisotopic (exact) mass is 389 g/mol. The summed E-state index contributed by atoms with van der Waals surface area (Å²) < 4.78 is 0. The van der Waals surface area contributed by atoms with E-state index < -0.39 is 0 Å². The van der Waals surface area contributed by atoms with Gasteiger partial charge in [0, 0.05) is 32.7 Å². The van der Waals surface area contributed by atoms with Crippen molar-refractivity contribution in [3.8, 4) is 0 Å². The molecular weight excluding hydrogens is 366 g/mol. The van der Waals surface area contributed by atoms with Gasteiger partial charge in [0.05, 0.1) is 11.2 Å². The minimum absolute atomic E-state index is 0.643. The van der Waals surface area contributed by atoms with E-state index in [0.29, 0.717) is 5.03 Å². The van der Waals surface area contributed by atoms with Crippen molar-refractivity contribution < 1.29 is 0 Å². The predicted octanol–water partition coefficient (Wildman–Crippen LogP) is 5.22. The largest absolute Gasteiger partial charge is 0.295 e. The van der Waals surface area contributed by atoms with Crippen molar-refractivity contribution in [2.75, 3.05) is 26.2 Å². The molecule has 0 atom stereocenters. The molecule has 0 radical (unpaired) electrons. The van der Waals surface area contributed by atoms with Crippen LogP contribution in [0.4, 0.5) is 0 Å². The van der Waals surface area contributed by atoms with Crippen LogP contribution in [0.15, 0.2) is 82.9 Å². The highest BCUT2D eigenvalue weighted by atomic mass is 35.5. The van der Waals surface area contributed by atoms with Gasteiger partial charge in [-0.05, 0) is 28.0 Å². The summed E-state index contributed by atoms with van der Waals surface area (Å²) in [4.78, 5) is 2.50. The molecule has 1 saturated heterocycles. The summed E-state index contributed by atoms with van der Waals surface area (Å²) in [6, 6.07) is 25.2. The van der Waals surface area contributed by atoms with E-state index in [-0.39, 0.29) is 0 Å². The zero-order valence-corrected chi connectivity index (χ0v) is 16.6. The lowest BCUT2D eigenvalue weighted by atomic mass is 10.0. The Kier molecular flexibility index (Phi) is 6.05. The highest BCUT2D eigenvalue weighted by molar-refractivity contribution is 6.41. The molecule has 0 unspecified atom stereocenters. The molecule has 1 aliphatic heterocycles. The van der Waals surface area contributed by atoms with Crippen LogP contribution in [-0.2, 0) is 6.54 Å². The maximum absolute atomic E-state index is 6.30. The average Bonchev–Trinajstić information content (AvgIpc) is 2.74. The predicted molar refractivity (Wildman–Crippen MR) is 120 cm³/mol. The molecule has 0 aliphatic carbocycles. The topological polar surface area (TPSA) is 18.8 Å². The van der Waals surface area contributed by atoms with Crippen LogP contribution >= 0.6 is 11.6 Å². The third kappa shape index (κ3) is 4.80. The number of benzene rings is 3. The van der Waals surface area contributed by atoms with Gasteiger partial charge < -0.3 is 0 Å². The minimum Gasteiger partial charge on any atom is -0.295 e. The smallest absolute Gasteiger partial charge is 0.0657 e. The molecule has 0 amide bonds. The van der Waals surface area contributed by atoms with Crippen molar-refractivity contribution in [1.29, 1.82) is 0 Å². The Hall–Kier alpha value is -2.62. The second kappa shape index (κ2) is 9.05. The Labute approximate surface area is 171 Å². The molecule has 3 aromatic rings. The maximum atomic E-state index is 6.30. The quantitative estimate of drug-likeness (QED) is 0.557. The fraction of sp³-hybridized carbons (Fsp3) is 0.208. The fourth-order valence-corrected chi connectivity index (χ4v) is 3.73. The summed E-state index contributed by atoms with van der Waals surface area (Å²) in [5.74, 6) is 0. The van der Waals surface area contributed by atoms with Crippen molar-refractivity contribution in [2.24, 2.45) is 5.10 Å². The van der Waals surface area contributed by atoms with E-state index in [2.05, 4.69) is 57.5 Å². The molecular formula is C24H24ClN3. The number of hydrogen-bond acceptors (Lipinski definition) is 3. The second-order valence-corrected chi connectivity index (χ2v) is 7.49. The molecule has 142 valence electrons. The van der Waals surface area contributed by atoms with Gasteiger partial charge in [0.2, 0.25) is 0 Å². The van der Waals surface area contributed by atoms with Gasteiger partial charge in [0.15, 0.2) is 0 Å². The third-order valence-electron chi connectivity index (χ3n) is 5.07. The molecule has 3 aromatic carbocycles. The van der Waals surface area contributed by atoms with Gasteiger partial charge in [-0.25, -0.2) is 0 Å². The van der Waals surface area contributed by atoms with E-state index in [0.717, 1.165) is 38.3 Å². The van der Waals surface area contributed by atoms with Crippen molar-refractivity contribution in [3.05, 3.63) is 89.0 Å². The summed E-state index contributed by atoms with van der Waals surface area (Å²) in [6.07, 6.45) is 3.68. The highest BCUT2D eigenvalue weighted by Gasteiger charge is 2.16. The van der Waals surface area contributed by atoms with Crippen LogP contribution in [-0.4, -0.2) is 42.3 Å². The van der Waals surface area contributed by atoms with Gasteiger partial charge in [-0.2, -0.15) is 5.10 Å². The first kappa shape index (κ1) is 18.7. The highest BCUT2D eigenvalue weighted by Crippen LogP contribution is 2.20. The number of piperazine rings is 1. The summed E-state index contributed by atoms with van der Waals surface area (Å²) >= 11 is 6.30. The standard InChI is InChI=1S/C24H24ClN3/c25-23(17-20-7-2-1-3-8-20)18-26-28-15-13-27(14-16-28)19-22-11-6-10-21-9-4-5-12-24(21)22/h1-12,17-18H,13-16,19H2. The molecule has 0 aromatic heterocycles. The SMILES string of the molecule is ClC(C=NN1CCN(Cc2cccc3ccccc23)CC1)=Cc1ccccc1. The zero-order chi connectivity index (χ0) is 19.2. The Morgan fingerprint density at radius 3 is 2.39 bits per heavy atom. The summed E-state index contributed by atoms with van der Waals surface area (Å²) in [5.41, 5.74) is 2.47. The van der Waals surface area contributed by atoms with Crippen molar-refractivity contribution in [2.45, 2.75) is 6.54 Å². The lowest BCUT2D eigenvalue weighted by Gasteiger charge is -2.33. The number of nitrogens with zero attached hydrogens (tertiary/aromatic N) is 3. The van der Waals surface area contributed by atoms with Crippen LogP contribution in [0.1, 0.15) is 11.1 Å². The van der Waals surface area contributed by atoms with Crippen molar-refractivity contribution in [3.63, 3.8) is 0 Å². The van der Waals surface area contributed by atoms with E-state index in [1.807, 2.05) is 36.4 Å². The molecule has 1 fully saturated rings. The molecule has 4 heteroatoms. The summed E-state index contributed by atoms with van der Waals surface area (Å²) in [6.45, 7) is 4.81. The lowest BCUT2D eigenvalue weighted by Crippen LogP contribution is -2.43. The van der Waals surface area contributed by atoms with E-state index in [9.17, 15) is 0 Å². The van der Waals surface area contributed by atoms with Crippen LogP contribution in [0, 0.1) is 0 Å². The van der Waals surface area contributed by atoms with Gasteiger partial charge in [0.1, 0.15) is 0 Å². The molecule has 0 spiro atoms. The lowest BCUT2D eigenvalue weighted by molar-refractivity contribution is 0.131. The van der Waals surface area contributed by atoms with Gasteiger partial charge >= 0.3 is 0 Å². The molecule has 0 bridgehead atoms. The van der Waals surface area contributed by atoms with Crippen molar-refractivity contribution in [1.82, 2.24) is 9.91 Å². The number of halogens is 1. The molecule has 0 N–H and O–H groups in total. The number of hydrazone groups is 1. The van der Waals surface area contributed by atoms with Crippen LogP contribution in [0.5, 0.6) is 0 Å². The molecule has 1 heterocycles. The first-order valence-corrected chi connectivity index (χ1v) is 10.1. The minimum atomic E-state index is 0.643. The Balaban J connectivity index is 1.33. The average molecular weight is 390 g/mol. The Bertz CT molecular complexity index is 968. The normalized spacial score (nSPS) is 16.2. The summed E-state index contributed by atoms with van der Waals surface area (Å²) in [7, 11) is 0. The first-order valence-electron chi connectivity index (χ1n) is 9.68. The number of allylic oxidation sites excluding steroid dienone is 1. The van der Waals surface area contributed by atoms with Gasteiger partial charge in [0.25, 0.3) is 0 Å². The second-order valence-electron chi connectivity index (χ2n) is 7.05. The third-order valence-corrected chi connectivity index (χ3v) is 5.28. The zero-order valence-electron chi connectivity index (χ0n) is 15.8. The van der Waals surface area contributed by atoms with Gasteiger partial charge in [-0.15, -0.1) is 0 Å². The fourth-order valence-electron chi connectivity index (χ4n) is 3.56. The van der Waals surface area contributed by atoms with Crippen LogP contribution < -0.4 is 0 Å². The van der Waals surface area contributed by atoms with E-state index >= 15 is 0 Å². The van der Waals surface area contributed by atoms with Crippen molar-refractivity contribution >= 4 is 34.7 Å². The number of fused-ring (bicyclic) bond motifs is 1. The number of rotatable bonds is 5. The number of hydrogen-bond donors (Lipinski definition) is 0. The van der Waals surface area contributed by atoms with Gasteiger partial charge in [-0.1, -0.05) is 84.4 Å². The van der Waals surface area contributed by atoms with Crippen LogP contribution in [0.2, 0.25) is 0 Å².